The Balaban J connectivity index is 2.63. The quantitative estimate of drug-likeness (QED) is 0.624. The van der Waals surface area contributed by atoms with Crippen molar-refractivity contribution in [3.05, 3.63) is 0 Å². The molecule has 0 saturated carbocycles. The molecule has 0 aliphatic heterocycles. The second-order valence-electron chi connectivity index (χ2n) is 1.48. The molecule has 6 heavy (non-hydrogen) atoms. The molecule has 0 aromatic carbocycles. The van der Waals surface area contributed by atoms with Crippen molar-refractivity contribution in [3.8, 4) is 0 Å². The zero-order valence-electron chi connectivity index (χ0n) is 4.49. The van der Waals surface area contributed by atoms with E-state index >= 15 is 0 Å². The molecule has 0 aromatic heterocycles. The summed E-state index contributed by atoms with van der Waals surface area (Å²) in [7, 11) is 2.08. The van der Waals surface area contributed by atoms with Crippen LogP contribution in [0.1, 0.15) is 13.8 Å². The molecule has 0 spiro atoms. The fourth-order valence-corrected chi connectivity index (χ4v) is 4.74. The average Bonchev–Trinajstić information content (AvgIpc) is 1.35. The van der Waals surface area contributed by atoms with Crippen LogP contribution in [0.2, 0.25) is 3.93 Å². The molecule has 0 bridgehead atoms. The second kappa shape index (κ2) is 4.31. The van der Waals surface area contributed by atoms with Gasteiger partial charge in [0.05, 0.1) is 0 Å². The molecule has 0 unspecified atom stereocenters. The van der Waals surface area contributed by atoms with Gasteiger partial charge in [-0.15, -0.1) is 0 Å². The van der Waals surface area contributed by atoms with Crippen LogP contribution in [0.15, 0.2) is 0 Å². The molecule has 2 radical (unpaired) electrons. The Morgan fingerprint density at radius 2 is 2.00 bits per heavy atom. The van der Waals surface area contributed by atoms with Gasteiger partial charge in [-0.2, -0.15) is 0 Å². The van der Waals surface area contributed by atoms with Gasteiger partial charge in [-0.1, -0.05) is 0 Å². The first kappa shape index (κ1) is 7.15. The van der Waals surface area contributed by atoms with Crippen molar-refractivity contribution in [2.24, 2.45) is 0 Å². The maximum atomic E-state index is 2.31. The molecular formula is C4H10SSn. The van der Waals surface area contributed by atoms with E-state index in [1.165, 1.54) is 0 Å². The summed E-state index contributed by atoms with van der Waals surface area (Å²) in [6, 6.07) is 0. The van der Waals surface area contributed by atoms with Gasteiger partial charge in [0.15, 0.2) is 0 Å². The van der Waals surface area contributed by atoms with Crippen LogP contribution >= 0.6 is 8.95 Å². The minimum atomic E-state index is 0.0450. The monoisotopic (exact) mass is 210 g/mol. The summed E-state index contributed by atoms with van der Waals surface area (Å²) in [5, 5.41) is 0. The summed E-state index contributed by atoms with van der Waals surface area (Å²) in [5.74, 6) is 0. The van der Waals surface area contributed by atoms with Crippen LogP contribution in [0.25, 0.3) is 0 Å². The van der Waals surface area contributed by atoms with Crippen LogP contribution in [0.4, 0.5) is 0 Å². The van der Waals surface area contributed by atoms with Crippen LogP contribution in [0.5, 0.6) is 0 Å². The first-order chi connectivity index (χ1) is 2.77. The van der Waals surface area contributed by atoms with Crippen molar-refractivity contribution in [1.29, 1.82) is 0 Å². The van der Waals surface area contributed by atoms with E-state index in [-0.39, 0.29) is 19.8 Å². The first-order valence-corrected chi connectivity index (χ1v) is 8.42. The minimum absolute atomic E-state index is 0.0450. The Bertz CT molecular complexity index is 28.7. The van der Waals surface area contributed by atoms with Crippen molar-refractivity contribution in [1.82, 2.24) is 0 Å². The molecule has 0 nitrogen and oxygen atoms in total. The van der Waals surface area contributed by atoms with E-state index in [2.05, 4.69) is 29.0 Å². The summed E-state index contributed by atoms with van der Waals surface area (Å²) in [5.41, 5.74) is 0. The van der Waals surface area contributed by atoms with Gasteiger partial charge < -0.3 is 0 Å². The van der Waals surface area contributed by atoms with Gasteiger partial charge in [0, 0.05) is 0 Å². The van der Waals surface area contributed by atoms with E-state index in [0.717, 1.165) is 3.93 Å². The van der Waals surface area contributed by atoms with Gasteiger partial charge in [-0.25, -0.2) is 0 Å². The number of hydrogen-bond acceptors (Lipinski definition) is 1. The van der Waals surface area contributed by atoms with Gasteiger partial charge in [-0.3, -0.25) is 0 Å². The normalized spacial score (nSPS) is 10.0. The third-order valence-electron chi connectivity index (χ3n) is 0.354. The second-order valence-corrected chi connectivity index (χ2v) is 10.9. The zero-order chi connectivity index (χ0) is 4.99. The maximum absolute atomic E-state index is 2.31. The van der Waals surface area contributed by atoms with Gasteiger partial charge in [0.1, 0.15) is 0 Å². The SMILES string of the molecule is C[S][Sn][CH](C)C. The molecule has 36 valence electrons. The van der Waals surface area contributed by atoms with Gasteiger partial charge in [0.2, 0.25) is 0 Å². The van der Waals surface area contributed by atoms with E-state index < -0.39 is 0 Å². The van der Waals surface area contributed by atoms with Gasteiger partial charge in [-0.05, 0) is 0 Å². The van der Waals surface area contributed by atoms with E-state index in [0.29, 0.717) is 0 Å². The van der Waals surface area contributed by atoms with Gasteiger partial charge >= 0.3 is 52.7 Å². The van der Waals surface area contributed by atoms with Crippen LogP contribution in [0.3, 0.4) is 0 Å². The molecule has 0 amide bonds. The van der Waals surface area contributed by atoms with Crippen molar-refractivity contribution in [3.63, 3.8) is 0 Å². The molecule has 0 heterocycles. The number of hydrogen-bond donors (Lipinski definition) is 0. The molecule has 0 N–H and O–H groups in total. The van der Waals surface area contributed by atoms with E-state index in [1.54, 1.807) is 0 Å². The fourth-order valence-electron chi connectivity index (χ4n) is 0.236. The van der Waals surface area contributed by atoms with E-state index in [1.807, 2.05) is 0 Å². The van der Waals surface area contributed by atoms with Crippen LogP contribution in [-0.2, 0) is 0 Å². The van der Waals surface area contributed by atoms with E-state index in [4.69, 9.17) is 0 Å². The van der Waals surface area contributed by atoms with Gasteiger partial charge in [0.25, 0.3) is 0 Å². The Hall–Kier alpha value is 1.15. The molecule has 0 fully saturated rings. The third-order valence-corrected chi connectivity index (χ3v) is 7.12. The predicted molar refractivity (Wildman–Crippen MR) is 34.4 cm³/mol. The van der Waals surface area contributed by atoms with Crippen molar-refractivity contribution in [2.45, 2.75) is 17.8 Å². The topological polar surface area (TPSA) is 0 Å². The van der Waals surface area contributed by atoms with Crippen molar-refractivity contribution >= 4 is 28.7 Å². The molecule has 0 rings (SSSR count). The van der Waals surface area contributed by atoms with Crippen molar-refractivity contribution in [2.75, 3.05) is 6.26 Å². The molecule has 0 aliphatic carbocycles. The Morgan fingerprint density at radius 1 is 1.50 bits per heavy atom. The zero-order valence-corrected chi connectivity index (χ0v) is 8.16. The van der Waals surface area contributed by atoms with E-state index in [9.17, 15) is 0 Å². The predicted octanol–water partition coefficient (Wildman–Crippen LogP) is 1.80. The summed E-state index contributed by atoms with van der Waals surface area (Å²) in [4.78, 5) is 0. The first-order valence-electron chi connectivity index (χ1n) is 2.06. The fraction of sp³-hybridized carbons (Fsp3) is 1.00. The Labute approximate surface area is 52.8 Å². The van der Waals surface area contributed by atoms with Crippen molar-refractivity contribution < 1.29 is 0 Å². The molecular weight excluding hydrogens is 199 g/mol. The number of rotatable bonds is 2. The Kier molecular flexibility index (Phi) is 5.14. The summed E-state index contributed by atoms with van der Waals surface area (Å²) in [6.07, 6.45) is 2.21. The molecule has 0 aromatic rings. The third kappa shape index (κ3) is 5.15. The molecule has 0 saturated heterocycles. The van der Waals surface area contributed by atoms with Crippen LogP contribution in [-0.4, -0.2) is 26.0 Å². The van der Waals surface area contributed by atoms with Crippen LogP contribution < -0.4 is 0 Å². The molecule has 0 aliphatic rings. The summed E-state index contributed by atoms with van der Waals surface area (Å²) >= 11 is 0.0450. The summed E-state index contributed by atoms with van der Waals surface area (Å²) < 4.78 is 1.03. The Morgan fingerprint density at radius 3 is 2.00 bits per heavy atom. The van der Waals surface area contributed by atoms with Crippen LogP contribution in [0, 0.1) is 0 Å². The molecule has 2 heteroatoms. The molecule has 0 atom stereocenters. The summed E-state index contributed by atoms with van der Waals surface area (Å²) in [6.45, 7) is 4.62. The average molecular weight is 209 g/mol. The standard InChI is InChI=1S/C3H7.CH4S.Sn/c1-3-2;1-2;/h3H,1-2H3;2H,1H3;/q;;+1/p-1.